The molecule has 2 unspecified atom stereocenters. The van der Waals surface area contributed by atoms with E-state index in [2.05, 4.69) is 15.0 Å². The molecule has 138 valence electrons. The first-order valence-electron chi connectivity index (χ1n) is 9.97. The quantitative estimate of drug-likeness (QED) is 0.724. The lowest BCUT2D eigenvalue weighted by Gasteiger charge is -2.38. The molecule has 2 saturated heterocycles. The standard InChI is InChI=1S/C21H22N4O2/c26-20-16-3-1-2-4-18(16)25-19(23-20)17(10-22-25)21(27)24-11-14-6-12-5-13(7-14)9-15(24)8-12/h1-4,10,12-15H,5-9,11H2,(H,23,26). The first-order valence-corrected chi connectivity index (χ1v) is 9.97. The molecule has 0 radical (unpaired) electrons. The van der Waals surface area contributed by atoms with E-state index in [9.17, 15) is 9.59 Å². The van der Waals surface area contributed by atoms with Crippen LogP contribution in [0.15, 0.2) is 35.3 Å². The minimum atomic E-state index is -0.177. The summed E-state index contributed by atoms with van der Waals surface area (Å²) >= 11 is 0. The molecule has 0 spiro atoms. The van der Waals surface area contributed by atoms with E-state index in [4.69, 9.17) is 0 Å². The van der Waals surface area contributed by atoms with E-state index < -0.39 is 0 Å². The van der Waals surface area contributed by atoms with Gasteiger partial charge in [-0.2, -0.15) is 5.10 Å². The molecule has 4 fully saturated rings. The maximum atomic E-state index is 13.5. The summed E-state index contributed by atoms with van der Waals surface area (Å²) in [4.78, 5) is 31.0. The second-order valence-electron chi connectivity index (χ2n) is 8.68. The summed E-state index contributed by atoms with van der Waals surface area (Å²) in [6.45, 7) is 0.853. The summed E-state index contributed by atoms with van der Waals surface area (Å²) in [6, 6.07) is 7.71. The van der Waals surface area contributed by atoms with Gasteiger partial charge < -0.3 is 9.88 Å². The van der Waals surface area contributed by atoms with Crippen LogP contribution in [0, 0.1) is 17.8 Å². The highest BCUT2D eigenvalue weighted by atomic mass is 16.2. The monoisotopic (exact) mass is 362 g/mol. The van der Waals surface area contributed by atoms with Crippen LogP contribution < -0.4 is 5.56 Å². The molecule has 2 aliphatic heterocycles. The van der Waals surface area contributed by atoms with E-state index in [1.807, 2.05) is 18.2 Å². The van der Waals surface area contributed by atoms with E-state index in [1.165, 1.54) is 19.3 Å². The molecule has 2 atom stereocenters. The van der Waals surface area contributed by atoms with Crippen molar-refractivity contribution in [1.82, 2.24) is 19.5 Å². The van der Waals surface area contributed by atoms with Gasteiger partial charge in [0.1, 0.15) is 11.2 Å². The number of benzene rings is 1. The number of H-pyrrole nitrogens is 1. The molecule has 3 aromatic rings. The summed E-state index contributed by atoms with van der Waals surface area (Å²) < 4.78 is 1.69. The summed E-state index contributed by atoms with van der Waals surface area (Å²) in [5.41, 5.74) is 1.57. The van der Waals surface area contributed by atoms with E-state index in [1.54, 1.807) is 16.8 Å². The zero-order valence-electron chi connectivity index (χ0n) is 15.1. The maximum absolute atomic E-state index is 13.5. The number of nitrogens with one attached hydrogen (secondary N) is 1. The van der Waals surface area contributed by atoms with Crippen molar-refractivity contribution in [3.8, 4) is 0 Å². The lowest BCUT2D eigenvalue weighted by Crippen LogP contribution is -2.42. The molecule has 6 nitrogen and oxygen atoms in total. The Morgan fingerprint density at radius 3 is 2.59 bits per heavy atom. The molecule has 4 heterocycles. The number of aromatic amines is 1. The molecule has 4 bridgehead atoms. The zero-order chi connectivity index (χ0) is 18.1. The number of fused-ring (bicyclic) bond motifs is 4. The number of para-hydroxylation sites is 1. The van der Waals surface area contributed by atoms with E-state index in [0.29, 0.717) is 28.6 Å². The minimum Gasteiger partial charge on any atom is -0.335 e. The Bertz CT molecular complexity index is 1120. The lowest BCUT2D eigenvalue weighted by atomic mass is 9.68. The van der Waals surface area contributed by atoms with Gasteiger partial charge in [0.15, 0.2) is 0 Å². The van der Waals surface area contributed by atoms with Crippen molar-refractivity contribution < 1.29 is 4.79 Å². The number of nitrogens with zero attached hydrogens (tertiary/aromatic N) is 3. The highest BCUT2D eigenvalue weighted by molar-refractivity contribution is 6.00. The van der Waals surface area contributed by atoms with Gasteiger partial charge in [-0.25, -0.2) is 4.52 Å². The van der Waals surface area contributed by atoms with Crippen molar-refractivity contribution in [2.24, 2.45) is 17.8 Å². The zero-order valence-corrected chi connectivity index (χ0v) is 15.1. The summed E-state index contributed by atoms with van der Waals surface area (Å²) in [6.07, 6.45) is 7.79. The summed E-state index contributed by atoms with van der Waals surface area (Å²) in [5, 5.41) is 5.02. The van der Waals surface area contributed by atoms with E-state index in [-0.39, 0.29) is 11.5 Å². The van der Waals surface area contributed by atoms with Crippen LogP contribution in [0.3, 0.4) is 0 Å². The van der Waals surface area contributed by atoms with Crippen molar-refractivity contribution in [2.75, 3.05) is 6.54 Å². The van der Waals surface area contributed by atoms with Gasteiger partial charge in [0.25, 0.3) is 11.5 Å². The van der Waals surface area contributed by atoms with Crippen molar-refractivity contribution in [1.29, 1.82) is 0 Å². The van der Waals surface area contributed by atoms with Gasteiger partial charge in [0.2, 0.25) is 0 Å². The highest BCUT2D eigenvalue weighted by Crippen LogP contribution is 2.47. The number of rotatable bonds is 1. The van der Waals surface area contributed by atoms with Crippen molar-refractivity contribution in [3.63, 3.8) is 0 Å². The third-order valence-electron chi connectivity index (χ3n) is 6.98. The van der Waals surface area contributed by atoms with Gasteiger partial charge in [-0.3, -0.25) is 9.59 Å². The SMILES string of the molecule is O=C(c1cnn2c1[nH]c(=O)c1ccccc12)N1CC2CC3CC(C2)CC1C3. The van der Waals surface area contributed by atoms with E-state index >= 15 is 0 Å². The molecule has 7 rings (SSSR count). The Hall–Kier alpha value is -2.63. The maximum Gasteiger partial charge on any atom is 0.259 e. The van der Waals surface area contributed by atoms with Crippen LogP contribution in [-0.4, -0.2) is 38.0 Å². The van der Waals surface area contributed by atoms with Crippen LogP contribution in [0.25, 0.3) is 16.6 Å². The predicted molar refractivity (Wildman–Crippen MR) is 102 cm³/mol. The van der Waals surface area contributed by atoms with Gasteiger partial charge in [0, 0.05) is 12.6 Å². The molecular formula is C21H22N4O2. The van der Waals surface area contributed by atoms with Crippen LogP contribution in [0.5, 0.6) is 0 Å². The summed E-state index contributed by atoms with van der Waals surface area (Å²) in [5.74, 6) is 2.23. The second kappa shape index (κ2) is 5.44. The predicted octanol–water partition coefficient (Wildman–Crippen LogP) is 2.83. The Kier molecular flexibility index (Phi) is 3.11. The fraction of sp³-hybridized carbons (Fsp3) is 0.476. The van der Waals surface area contributed by atoms with Gasteiger partial charge in [-0.05, 0) is 62.0 Å². The second-order valence-corrected chi connectivity index (χ2v) is 8.68. The number of carbonyl (C=O) groups excluding carboxylic acids is 1. The largest absolute Gasteiger partial charge is 0.335 e. The third-order valence-corrected chi connectivity index (χ3v) is 6.98. The molecule has 6 heteroatoms. The van der Waals surface area contributed by atoms with Crippen molar-refractivity contribution in [3.05, 3.63) is 46.4 Å². The number of hydrogen-bond donors (Lipinski definition) is 1. The third kappa shape index (κ3) is 2.22. The Morgan fingerprint density at radius 1 is 1.04 bits per heavy atom. The normalized spacial score (nSPS) is 29.6. The Morgan fingerprint density at radius 2 is 1.78 bits per heavy atom. The van der Waals surface area contributed by atoms with Gasteiger partial charge >= 0.3 is 0 Å². The van der Waals surface area contributed by atoms with E-state index in [0.717, 1.165) is 36.7 Å². The molecule has 1 aromatic carbocycles. The molecular weight excluding hydrogens is 340 g/mol. The molecule has 2 aromatic heterocycles. The topological polar surface area (TPSA) is 70.5 Å². The lowest BCUT2D eigenvalue weighted by molar-refractivity contribution is 0.0634. The molecule has 1 amide bonds. The number of carbonyl (C=O) groups is 1. The smallest absolute Gasteiger partial charge is 0.259 e. The fourth-order valence-corrected chi connectivity index (χ4v) is 6.02. The first kappa shape index (κ1) is 15.4. The molecule has 2 aliphatic carbocycles. The van der Waals surface area contributed by atoms with Crippen LogP contribution >= 0.6 is 0 Å². The molecule has 2 saturated carbocycles. The van der Waals surface area contributed by atoms with Crippen molar-refractivity contribution >= 4 is 22.5 Å². The average molecular weight is 362 g/mol. The Labute approximate surface area is 156 Å². The molecule has 27 heavy (non-hydrogen) atoms. The van der Waals surface area contributed by atoms with Crippen molar-refractivity contribution in [2.45, 2.75) is 38.1 Å². The first-order chi connectivity index (χ1) is 13.2. The number of amides is 1. The van der Waals surface area contributed by atoms with Gasteiger partial charge in [0.05, 0.1) is 17.1 Å². The van der Waals surface area contributed by atoms with Crippen LogP contribution in [0.4, 0.5) is 0 Å². The van der Waals surface area contributed by atoms with Gasteiger partial charge in [-0.1, -0.05) is 12.1 Å². The molecule has 4 aliphatic rings. The Balaban J connectivity index is 1.46. The number of hydrogen-bond acceptors (Lipinski definition) is 3. The minimum absolute atomic E-state index is 0.0223. The fourth-order valence-electron chi connectivity index (χ4n) is 6.02. The average Bonchev–Trinajstić information content (AvgIpc) is 2.98. The highest BCUT2D eigenvalue weighted by Gasteiger charge is 2.44. The molecule has 1 N–H and O–H groups in total. The summed E-state index contributed by atoms with van der Waals surface area (Å²) in [7, 11) is 0. The van der Waals surface area contributed by atoms with Crippen LogP contribution in [0.1, 0.15) is 42.5 Å². The van der Waals surface area contributed by atoms with Crippen LogP contribution in [-0.2, 0) is 0 Å². The van der Waals surface area contributed by atoms with Crippen LogP contribution in [0.2, 0.25) is 0 Å². The number of aromatic nitrogens is 3. The van der Waals surface area contributed by atoms with Gasteiger partial charge in [-0.15, -0.1) is 0 Å².